The first kappa shape index (κ1) is 15.2. The van der Waals surface area contributed by atoms with Gasteiger partial charge in [-0.1, -0.05) is 36.9 Å². The molecule has 1 aromatic carbocycles. The number of hydrogen-bond acceptors (Lipinski definition) is 3. The quantitative estimate of drug-likeness (QED) is 0.814. The molecule has 1 saturated heterocycles. The van der Waals surface area contributed by atoms with E-state index >= 15 is 0 Å². The lowest BCUT2D eigenvalue weighted by Gasteiger charge is -2.24. The highest BCUT2D eigenvalue weighted by Crippen LogP contribution is 2.16. The molecule has 1 aliphatic rings. The number of hydrogen-bond donors (Lipinski definition) is 1. The third kappa shape index (κ3) is 4.75. The number of nitrogens with zero attached hydrogens (tertiary/aromatic N) is 2. The van der Waals surface area contributed by atoms with Gasteiger partial charge in [-0.05, 0) is 31.4 Å². The molecule has 110 valence electrons. The number of thioether (sulfide) groups is 1. The van der Waals surface area contributed by atoms with Gasteiger partial charge in [0.1, 0.15) is 0 Å². The lowest BCUT2D eigenvalue weighted by atomic mass is 10.2. The second-order valence-corrected chi connectivity index (χ2v) is 6.27. The average molecular weight is 291 g/mol. The van der Waals surface area contributed by atoms with Gasteiger partial charge in [0, 0.05) is 37.6 Å². The number of nitrogens with one attached hydrogen (secondary N) is 1. The minimum Gasteiger partial charge on any atom is -0.375 e. The number of amidine groups is 1. The molecule has 0 aliphatic carbocycles. The van der Waals surface area contributed by atoms with E-state index in [1.807, 2.05) is 11.8 Å². The standard InChI is InChI=1S/C16H25N3S/c1-3-14-10-13-20-16(18-14)17-11-7-12-19(2)15-8-5-4-6-9-15/h4-6,8-9,14H,3,7,10-13H2,1-2H3,(H,17,18). The first-order chi connectivity index (χ1) is 9.79. The Morgan fingerprint density at radius 2 is 2.15 bits per heavy atom. The lowest BCUT2D eigenvalue weighted by Crippen LogP contribution is -2.37. The second-order valence-electron chi connectivity index (χ2n) is 5.18. The molecule has 1 unspecified atom stereocenters. The van der Waals surface area contributed by atoms with E-state index in [1.54, 1.807) is 0 Å². The largest absolute Gasteiger partial charge is 0.375 e. The minimum absolute atomic E-state index is 0.627. The molecule has 4 heteroatoms. The highest BCUT2D eigenvalue weighted by molar-refractivity contribution is 8.13. The van der Waals surface area contributed by atoms with Crippen LogP contribution in [0.25, 0.3) is 0 Å². The summed E-state index contributed by atoms with van der Waals surface area (Å²) in [6, 6.07) is 11.1. The Hall–Kier alpha value is -1.16. The summed E-state index contributed by atoms with van der Waals surface area (Å²) >= 11 is 1.86. The van der Waals surface area contributed by atoms with E-state index < -0.39 is 0 Å². The third-order valence-electron chi connectivity index (χ3n) is 3.63. The van der Waals surface area contributed by atoms with Crippen LogP contribution in [0.4, 0.5) is 5.69 Å². The van der Waals surface area contributed by atoms with Gasteiger partial charge in [0.15, 0.2) is 5.17 Å². The molecule has 0 aromatic heterocycles. The zero-order chi connectivity index (χ0) is 14.2. The lowest BCUT2D eigenvalue weighted by molar-refractivity contribution is 0.570. The smallest absolute Gasteiger partial charge is 0.156 e. The fraction of sp³-hybridized carbons (Fsp3) is 0.562. The number of aliphatic imine (C=N–C) groups is 1. The van der Waals surface area contributed by atoms with Crippen molar-refractivity contribution in [3.8, 4) is 0 Å². The Morgan fingerprint density at radius 3 is 2.90 bits per heavy atom. The van der Waals surface area contributed by atoms with Crippen LogP contribution in [0.2, 0.25) is 0 Å². The Morgan fingerprint density at radius 1 is 1.35 bits per heavy atom. The van der Waals surface area contributed by atoms with Crippen molar-refractivity contribution in [2.45, 2.75) is 32.2 Å². The van der Waals surface area contributed by atoms with Crippen molar-refractivity contribution in [1.29, 1.82) is 0 Å². The summed E-state index contributed by atoms with van der Waals surface area (Å²) in [5.41, 5.74) is 1.27. The summed E-state index contributed by atoms with van der Waals surface area (Å²) in [7, 11) is 2.14. The van der Waals surface area contributed by atoms with E-state index in [0.717, 1.165) is 24.7 Å². The zero-order valence-corrected chi connectivity index (χ0v) is 13.3. The molecular formula is C16H25N3S. The van der Waals surface area contributed by atoms with Gasteiger partial charge in [0.05, 0.1) is 0 Å². The highest BCUT2D eigenvalue weighted by atomic mass is 32.2. The molecule has 0 radical (unpaired) electrons. The van der Waals surface area contributed by atoms with Gasteiger partial charge in [-0.3, -0.25) is 4.99 Å². The summed E-state index contributed by atoms with van der Waals surface area (Å²) in [6.07, 6.45) is 3.54. The Bertz CT molecular complexity index is 419. The SMILES string of the molecule is CCC1CCSC(=NCCCN(C)c2ccccc2)N1. The van der Waals surface area contributed by atoms with Gasteiger partial charge in [0.2, 0.25) is 0 Å². The Balaban J connectivity index is 1.70. The van der Waals surface area contributed by atoms with Crippen molar-refractivity contribution < 1.29 is 0 Å². The van der Waals surface area contributed by atoms with Gasteiger partial charge in [0.25, 0.3) is 0 Å². The van der Waals surface area contributed by atoms with Crippen LogP contribution in [-0.2, 0) is 0 Å². The number of benzene rings is 1. The molecule has 1 N–H and O–H groups in total. The molecule has 1 heterocycles. The van der Waals surface area contributed by atoms with E-state index in [1.165, 1.54) is 24.3 Å². The molecule has 0 spiro atoms. The van der Waals surface area contributed by atoms with Crippen LogP contribution in [0.1, 0.15) is 26.2 Å². The van der Waals surface area contributed by atoms with Gasteiger partial charge in [-0.15, -0.1) is 0 Å². The fourth-order valence-electron chi connectivity index (χ4n) is 2.28. The maximum atomic E-state index is 4.69. The van der Waals surface area contributed by atoms with Crippen molar-refractivity contribution >= 4 is 22.6 Å². The molecule has 0 amide bonds. The summed E-state index contributed by atoms with van der Waals surface area (Å²) in [6.45, 7) is 4.19. The minimum atomic E-state index is 0.627. The average Bonchev–Trinajstić information content (AvgIpc) is 2.52. The van der Waals surface area contributed by atoms with Crippen molar-refractivity contribution in [3.05, 3.63) is 30.3 Å². The fourth-order valence-corrected chi connectivity index (χ4v) is 3.31. The van der Waals surface area contributed by atoms with Gasteiger partial charge in [-0.2, -0.15) is 0 Å². The molecule has 1 atom stereocenters. The van der Waals surface area contributed by atoms with E-state index in [9.17, 15) is 0 Å². The van der Waals surface area contributed by atoms with E-state index in [2.05, 4.69) is 59.5 Å². The molecule has 3 nitrogen and oxygen atoms in total. The molecule has 1 fully saturated rings. The molecular weight excluding hydrogens is 266 g/mol. The number of rotatable bonds is 6. The van der Waals surface area contributed by atoms with Gasteiger partial charge in [-0.25, -0.2) is 0 Å². The van der Waals surface area contributed by atoms with Crippen molar-refractivity contribution in [2.24, 2.45) is 4.99 Å². The van der Waals surface area contributed by atoms with Crippen molar-refractivity contribution in [1.82, 2.24) is 5.32 Å². The van der Waals surface area contributed by atoms with Crippen molar-refractivity contribution in [2.75, 3.05) is 30.8 Å². The number of para-hydroxylation sites is 1. The molecule has 0 bridgehead atoms. The summed E-state index contributed by atoms with van der Waals surface area (Å²) < 4.78 is 0. The molecule has 1 aromatic rings. The summed E-state index contributed by atoms with van der Waals surface area (Å²) in [4.78, 5) is 6.98. The van der Waals surface area contributed by atoms with Gasteiger partial charge < -0.3 is 10.2 Å². The van der Waals surface area contributed by atoms with Crippen LogP contribution in [0, 0.1) is 0 Å². The van der Waals surface area contributed by atoms with Gasteiger partial charge >= 0.3 is 0 Å². The van der Waals surface area contributed by atoms with Crippen LogP contribution in [0.15, 0.2) is 35.3 Å². The zero-order valence-electron chi connectivity index (χ0n) is 12.5. The predicted molar refractivity (Wildman–Crippen MR) is 90.9 cm³/mol. The van der Waals surface area contributed by atoms with Crippen molar-refractivity contribution in [3.63, 3.8) is 0 Å². The first-order valence-electron chi connectivity index (χ1n) is 7.49. The van der Waals surface area contributed by atoms with E-state index in [-0.39, 0.29) is 0 Å². The van der Waals surface area contributed by atoms with Crippen LogP contribution >= 0.6 is 11.8 Å². The van der Waals surface area contributed by atoms with Crippen LogP contribution in [0.3, 0.4) is 0 Å². The monoisotopic (exact) mass is 291 g/mol. The summed E-state index contributed by atoms with van der Waals surface area (Å²) in [5.74, 6) is 1.20. The molecule has 20 heavy (non-hydrogen) atoms. The Kier molecular flexibility index (Phi) is 6.25. The topological polar surface area (TPSA) is 27.6 Å². The van der Waals surface area contributed by atoms with Crippen LogP contribution in [0.5, 0.6) is 0 Å². The van der Waals surface area contributed by atoms with Crippen LogP contribution < -0.4 is 10.2 Å². The number of anilines is 1. The van der Waals surface area contributed by atoms with E-state index in [0.29, 0.717) is 6.04 Å². The maximum absolute atomic E-state index is 4.69. The molecule has 1 aliphatic heterocycles. The van der Waals surface area contributed by atoms with Crippen LogP contribution in [-0.4, -0.2) is 37.1 Å². The maximum Gasteiger partial charge on any atom is 0.156 e. The summed E-state index contributed by atoms with van der Waals surface area (Å²) in [5, 5.41) is 4.67. The first-order valence-corrected chi connectivity index (χ1v) is 8.48. The highest BCUT2D eigenvalue weighted by Gasteiger charge is 2.14. The normalized spacial score (nSPS) is 20.7. The second kappa shape index (κ2) is 8.20. The van der Waals surface area contributed by atoms with E-state index in [4.69, 9.17) is 0 Å². The Labute approximate surface area is 126 Å². The molecule has 0 saturated carbocycles. The third-order valence-corrected chi connectivity index (χ3v) is 4.59. The predicted octanol–water partition coefficient (Wildman–Crippen LogP) is 3.37. The molecule has 2 rings (SSSR count).